The molecule has 3 N–H and O–H groups in total. The Bertz CT molecular complexity index is 932. The molecule has 168 valence electrons. The van der Waals surface area contributed by atoms with Crippen molar-refractivity contribution in [2.24, 2.45) is 4.99 Å². The summed E-state index contributed by atoms with van der Waals surface area (Å²) in [4.78, 5) is 15.8. The predicted molar refractivity (Wildman–Crippen MR) is 101 cm³/mol. The number of carbonyl (C=O) groups excluding carboxylic acids is 1. The average molecular weight is 448 g/mol. The Labute approximate surface area is 173 Å². The van der Waals surface area contributed by atoms with E-state index in [1.54, 1.807) is 12.1 Å². The largest absolute Gasteiger partial charge is 0.484 e. The first-order chi connectivity index (χ1) is 14.6. The van der Waals surface area contributed by atoms with Crippen molar-refractivity contribution in [2.45, 2.75) is 12.7 Å². The number of guanidine groups is 1. The lowest BCUT2D eigenvalue weighted by atomic mass is 10.2. The maximum Gasteiger partial charge on any atom is 0.422 e. The molecule has 12 heteroatoms. The molecule has 0 bridgehead atoms. The maximum absolute atomic E-state index is 13.6. The van der Waals surface area contributed by atoms with E-state index in [0.717, 1.165) is 6.07 Å². The molecule has 2 rings (SSSR count). The number of aliphatic imine (C=N–C) groups is 1. The molecule has 0 spiro atoms. The fourth-order valence-electron chi connectivity index (χ4n) is 2.26. The molecule has 1 amide bonds. The van der Waals surface area contributed by atoms with Crippen LogP contribution in [0.5, 0.6) is 5.75 Å². The number of nitrogens with one attached hydrogen (secondary N) is 3. The highest BCUT2D eigenvalue weighted by molar-refractivity contribution is 5.95. The molecule has 0 aromatic heterocycles. The van der Waals surface area contributed by atoms with Crippen molar-refractivity contribution in [3.05, 3.63) is 59.4 Å². The van der Waals surface area contributed by atoms with Crippen LogP contribution < -0.4 is 20.7 Å². The zero-order valence-corrected chi connectivity index (χ0v) is 16.1. The second-order valence-corrected chi connectivity index (χ2v) is 6.10. The summed E-state index contributed by atoms with van der Waals surface area (Å²) in [5.74, 6) is -5.07. The van der Waals surface area contributed by atoms with Gasteiger partial charge in [-0.3, -0.25) is 9.79 Å². The number of ether oxygens (including phenoxy) is 1. The van der Waals surface area contributed by atoms with Gasteiger partial charge < -0.3 is 20.7 Å². The third-order valence-electron chi connectivity index (χ3n) is 3.74. The SMILES string of the molecule is CN=C(NCC(=O)Nc1ccc(F)c(F)c1F)NCc1ccc(OCC(F)(F)F)cc1. The van der Waals surface area contributed by atoms with E-state index >= 15 is 0 Å². The van der Waals surface area contributed by atoms with E-state index in [2.05, 4.69) is 25.7 Å². The molecule has 0 aliphatic carbocycles. The number of hydrogen-bond donors (Lipinski definition) is 3. The van der Waals surface area contributed by atoms with E-state index in [-0.39, 0.29) is 24.8 Å². The van der Waals surface area contributed by atoms with Gasteiger partial charge in [-0.25, -0.2) is 13.2 Å². The van der Waals surface area contributed by atoms with Gasteiger partial charge in [0.25, 0.3) is 0 Å². The molecule has 0 heterocycles. The maximum atomic E-state index is 13.6. The van der Waals surface area contributed by atoms with Crippen LogP contribution in [0.15, 0.2) is 41.4 Å². The monoisotopic (exact) mass is 448 g/mol. The van der Waals surface area contributed by atoms with E-state index in [1.807, 2.05) is 0 Å². The first-order valence-electron chi connectivity index (χ1n) is 8.75. The fraction of sp³-hybridized carbons (Fsp3) is 0.263. The zero-order chi connectivity index (χ0) is 23.0. The van der Waals surface area contributed by atoms with Crippen LogP contribution in [0.4, 0.5) is 32.0 Å². The number of halogens is 6. The molecule has 0 aliphatic rings. The first-order valence-corrected chi connectivity index (χ1v) is 8.75. The minimum Gasteiger partial charge on any atom is -0.484 e. The third-order valence-corrected chi connectivity index (χ3v) is 3.74. The summed E-state index contributed by atoms with van der Waals surface area (Å²) in [5, 5.41) is 7.60. The number of alkyl halides is 3. The van der Waals surface area contributed by atoms with Crippen LogP contribution in [0, 0.1) is 17.5 Å². The van der Waals surface area contributed by atoms with Gasteiger partial charge in [0, 0.05) is 13.6 Å². The molecule has 0 radical (unpaired) electrons. The van der Waals surface area contributed by atoms with E-state index in [1.165, 1.54) is 19.2 Å². The average Bonchev–Trinajstić information content (AvgIpc) is 2.73. The van der Waals surface area contributed by atoms with Crippen molar-refractivity contribution in [3.8, 4) is 5.75 Å². The zero-order valence-electron chi connectivity index (χ0n) is 16.1. The van der Waals surface area contributed by atoms with Crippen LogP contribution in [0.1, 0.15) is 5.56 Å². The van der Waals surface area contributed by atoms with Crippen molar-refractivity contribution < 1.29 is 35.9 Å². The molecule has 2 aromatic carbocycles. The summed E-state index contributed by atoms with van der Waals surface area (Å²) in [6.45, 7) is -1.53. The van der Waals surface area contributed by atoms with E-state index in [9.17, 15) is 31.1 Å². The van der Waals surface area contributed by atoms with Gasteiger partial charge in [-0.1, -0.05) is 12.1 Å². The Kier molecular flexibility index (Phi) is 8.11. The second kappa shape index (κ2) is 10.5. The third kappa shape index (κ3) is 7.72. The van der Waals surface area contributed by atoms with E-state index in [4.69, 9.17) is 0 Å². The van der Waals surface area contributed by atoms with Crippen molar-refractivity contribution >= 4 is 17.6 Å². The molecule has 0 fully saturated rings. The standard InChI is InChI=1S/C19H18F6N4O2/c1-26-18(27-8-11-2-4-12(5-3-11)31-10-19(23,24)25)28-9-15(30)29-14-7-6-13(20)16(21)17(14)22/h2-7H,8-10H2,1H3,(H,29,30)(H2,26,27,28). The van der Waals surface area contributed by atoms with Gasteiger partial charge in [-0.15, -0.1) is 0 Å². The highest BCUT2D eigenvalue weighted by Crippen LogP contribution is 2.20. The number of amides is 1. The molecule has 31 heavy (non-hydrogen) atoms. The molecule has 0 aliphatic heterocycles. The molecule has 0 saturated heterocycles. The Morgan fingerprint density at radius 3 is 2.29 bits per heavy atom. The lowest BCUT2D eigenvalue weighted by Gasteiger charge is -2.13. The first kappa shape index (κ1) is 23.8. The van der Waals surface area contributed by atoms with Crippen molar-refractivity contribution in [2.75, 3.05) is 25.5 Å². The predicted octanol–water partition coefficient (Wildman–Crippen LogP) is 3.35. The highest BCUT2D eigenvalue weighted by atomic mass is 19.4. The van der Waals surface area contributed by atoms with Crippen LogP contribution >= 0.6 is 0 Å². The number of rotatable bonds is 7. The molecule has 0 saturated carbocycles. The van der Waals surface area contributed by atoms with Gasteiger partial charge in [-0.2, -0.15) is 13.2 Å². The number of nitrogens with zero attached hydrogens (tertiary/aromatic N) is 1. The van der Waals surface area contributed by atoms with Gasteiger partial charge in [0.2, 0.25) is 5.91 Å². The van der Waals surface area contributed by atoms with Crippen LogP contribution in [0.25, 0.3) is 0 Å². The topological polar surface area (TPSA) is 74.8 Å². The van der Waals surface area contributed by atoms with Crippen LogP contribution in [0.3, 0.4) is 0 Å². The van der Waals surface area contributed by atoms with Crippen molar-refractivity contribution in [3.63, 3.8) is 0 Å². The molecule has 2 aromatic rings. The minimum absolute atomic E-state index is 0.0599. The highest BCUT2D eigenvalue weighted by Gasteiger charge is 2.28. The Morgan fingerprint density at radius 2 is 1.68 bits per heavy atom. The van der Waals surface area contributed by atoms with Gasteiger partial charge >= 0.3 is 6.18 Å². The van der Waals surface area contributed by atoms with Crippen molar-refractivity contribution in [1.29, 1.82) is 0 Å². The van der Waals surface area contributed by atoms with E-state index in [0.29, 0.717) is 11.6 Å². The van der Waals surface area contributed by atoms with E-state index < -0.39 is 41.8 Å². The number of carbonyl (C=O) groups is 1. The Morgan fingerprint density at radius 1 is 1.00 bits per heavy atom. The number of benzene rings is 2. The number of hydrogen-bond acceptors (Lipinski definition) is 3. The summed E-state index contributed by atoms with van der Waals surface area (Å²) in [6.07, 6.45) is -4.43. The van der Waals surface area contributed by atoms with Gasteiger partial charge in [0.05, 0.1) is 12.2 Å². The quantitative estimate of drug-likeness (QED) is 0.263. The van der Waals surface area contributed by atoms with Gasteiger partial charge in [0.1, 0.15) is 5.75 Å². The van der Waals surface area contributed by atoms with Crippen molar-refractivity contribution in [1.82, 2.24) is 10.6 Å². The van der Waals surface area contributed by atoms with Crippen LogP contribution in [-0.2, 0) is 11.3 Å². The van der Waals surface area contributed by atoms with Gasteiger partial charge in [-0.05, 0) is 29.8 Å². The molecular formula is C19H18F6N4O2. The second-order valence-electron chi connectivity index (χ2n) is 6.10. The minimum atomic E-state index is -4.43. The normalized spacial score (nSPS) is 11.8. The van der Waals surface area contributed by atoms with Gasteiger partial charge in [0.15, 0.2) is 30.0 Å². The lowest BCUT2D eigenvalue weighted by Crippen LogP contribution is -2.41. The van der Waals surface area contributed by atoms with Crippen LogP contribution in [-0.4, -0.2) is 38.2 Å². The summed E-state index contributed by atoms with van der Waals surface area (Å²) in [6, 6.07) is 7.42. The fourth-order valence-corrected chi connectivity index (χ4v) is 2.26. The Balaban J connectivity index is 1.81. The smallest absolute Gasteiger partial charge is 0.422 e. The van der Waals surface area contributed by atoms with Crippen LogP contribution in [0.2, 0.25) is 0 Å². The summed E-state index contributed by atoms with van der Waals surface area (Å²) in [7, 11) is 1.43. The Hall–Kier alpha value is -3.44. The lowest BCUT2D eigenvalue weighted by molar-refractivity contribution is -0.153. The molecule has 0 unspecified atom stereocenters. The molecular weight excluding hydrogens is 430 g/mol. The molecule has 0 atom stereocenters. The molecule has 6 nitrogen and oxygen atoms in total. The number of anilines is 1. The summed E-state index contributed by atoms with van der Waals surface area (Å²) >= 11 is 0. The summed E-state index contributed by atoms with van der Waals surface area (Å²) < 4.78 is 80.7. The summed E-state index contributed by atoms with van der Waals surface area (Å²) in [5.41, 5.74) is 0.178.